The normalized spacial score (nSPS) is 3.00. The molecular weight excluding hydrogens is 118 g/mol. The monoisotopic (exact) mass is 127 g/mol. The van der Waals surface area contributed by atoms with Crippen LogP contribution in [0.3, 0.4) is 0 Å². The number of carbonyl (C=O) groups is 2. The van der Waals surface area contributed by atoms with Gasteiger partial charge in [-0.05, 0) is 0 Å². The van der Waals surface area contributed by atoms with Crippen molar-refractivity contribution in [1.82, 2.24) is 6.15 Å². The van der Waals surface area contributed by atoms with Crippen LogP contribution in [-0.2, 0) is 9.59 Å². The molecular formula is C2H9NO5. The highest BCUT2D eigenvalue weighted by Gasteiger charge is 1.22. The largest absolute Gasteiger partial charge is 0.483 e. The van der Waals surface area contributed by atoms with Crippen molar-refractivity contribution in [1.29, 1.82) is 0 Å². The van der Waals surface area contributed by atoms with Crippen LogP contribution in [0.5, 0.6) is 0 Å². The van der Waals surface area contributed by atoms with Crippen LogP contribution < -0.4 is 6.15 Å². The molecule has 0 aliphatic rings. The Morgan fingerprint density at radius 3 is 1.00 bits per heavy atom. The van der Waals surface area contributed by atoms with Crippen LogP contribution in [0, 0.1) is 0 Å². The first-order chi connectivity index (χ1) is 2.83. The van der Waals surface area contributed by atoms with Gasteiger partial charge in [-0.1, -0.05) is 0 Å². The second kappa shape index (κ2) is 187. The Kier molecular flexibility index (Phi) is 674. The summed E-state index contributed by atoms with van der Waals surface area (Å²) in [5.41, 5.74) is 0. The molecule has 0 saturated heterocycles. The van der Waals surface area contributed by atoms with Crippen LogP contribution in [0.15, 0.2) is 0 Å². The molecule has 0 aromatic rings. The van der Waals surface area contributed by atoms with Gasteiger partial charge in [-0.25, -0.2) is 0 Å². The maximum atomic E-state index is 8.36. The number of hydrogen-bond donors (Lipinski definition) is 3. The predicted octanol–water partition coefficient (Wildman–Crippen LogP) is -1.26. The minimum Gasteiger partial charge on any atom is -0.483 e. The Labute approximate surface area is 45.6 Å². The summed E-state index contributed by atoms with van der Waals surface area (Å²) in [4.78, 5) is 16.7. The lowest BCUT2D eigenvalue weighted by Gasteiger charge is -1.34. The quantitative estimate of drug-likeness (QED) is 0.348. The van der Waals surface area contributed by atoms with E-state index in [0.717, 1.165) is 0 Å². The molecule has 8 heavy (non-hydrogen) atoms. The van der Waals surface area contributed by atoms with E-state index in [2.05, 4.69) is 0 Å². The van der Waals surface area contributed by atoms with Crippen LogP contribution in [0.4, 0.5) is 0 Å². The lowest BCUT2D eigenvalue weighted by molar-refractivity contribution is -0.123. The Morgan fingerprint density at radius 1 is 1.00 bits per heavy atom. The minimum atomic E-state index is -0.250. The molecule has 0 aromatic heterocycles. The fourth-order valence-electron chi connectivity index (χ4n) is 0. The molecule has 0 aliphatic heterocycles. The van der Waals surface area contributed by atoms with Crippen LogP contribution in [0.25, 0.3) is 0 Å². The van der Waals surface area contributed by atoms with Gasteiger partial charge in [0.15, 0.2) is 0 Å². The first-order valence-corrected chi connectivity index (χ1v) is 0.988. The van der Waals surface area contributed by atoms with E-state index in [1.54, 1.807) is 0 Å². The first-order valence-electron chi connectivity index (χ1n) is 0.988. The molecule has 0 aliphatic carbocycles. The van der Waals surface area contributed by atoms with Gasteiger partial charge in [0.1, 0.15) is 0 Å². The van der Waals surface area contributed by atoms with Gasteiger partial charge in [0, 0.05) is 0 Å². The van der Waals surface area contributed by atoms with E-state index >= 15 is 0 Å². The molecule has 6 nitrogen and oxygen atoms in total. The molecule has 6 heteroatoms. The van der Waals surface area contributed by atoms with E-state index in [1.807, 2.05) is 0 Å². The molecule has 0 rings (SSSR count). The van der Waals surface area contributed by atoms with Crippen molar-refractivity contribution >= 4 is 12.9 Å². The zero-order chi connectivity index (χ0) is 5.41. The smallest absolute Gasteiger partial charge is 0.290 e. The summed E-state index contributed by atoms with van der Waals surface area (Å²) < 4.78 is 0. The van der Waals surface area contributed by atoms with Gasteiger partial charge in [0.25, 0.3) is 12.9 Å². The van der Waals surface area contributed by atoms with Crippen LogP contribution in [0.1, 0.15) is 0 Å². The lowest BCUT2D eigenvalue weighted by atomic mass is 11.7. The van der Waals surface area contributed by atoms with Crippen molar-refractivity contribution in [2.75, 3.05) is 0 Å². The number of carboxylic acid groups (broad SMARTS) is 2. The van der Waals surface area contributed by atoms with E-state index in [-0.39, 0.29) is 24.6 Å². The standard InChI is InChI=1S/2CH2O2.H3N.H2O/c2*2-1-3;;/h2*1H,(H,2,3);1H3;1H2. The molecule has 0 radical (unpaired) electrons. The first kappa shape index (κ1) is 28.8. The van der Waals surface area contributed by atoms with E-state index in [9.17, 15) is 0 Å². The Bertz CT molecular complexity index is 31.4. The summed E-state index contributed by atoms with van der Waals surface area (Å²) in [6.07, 6.45) is 0. The fraction of sp³-hybridized carbons (Fsp3) is 0. The highest BCUT2D eigenvalue weighted by Crippen LogP contribution is 0.969. The van der Waals surface area contributed by atoms with Gasteiger partial charge in [-0.2, -0.15) is 0 Å². The summed E-state index contributed by atoms with van der Waals surface area (Å²) in [6.45, 7) is -0.500. The van der Waals surface area contributed by atoms with Gasteiger partial charge in [-0.15, -0.1) is 0 Å². The molecule has 0 amide bonds. The SMILES string of the molecule is N.O.O=CO.O=CO. The average molecular weight is 127 g/mol. The third-order valence-electron chi connectivity index (χ3n) is 0. The molecule has 0 aromatic carbocycles. The summed E-state index contributed by atoms with van der Waals surface area (Å²) in [5, 5.41) is 13.8. The van der Waals surface area contributed by atoms with Crippen molar-refractivity contribution in [3.63, 3.8) is 0 Å². The van der Waals surface area contributed by atoms with Gasteiger partial charge < -0.3 is 21.8 Å². The highest BCUT2D eigenvalue weighted by atomic mass is 16.3. The van der Waals surface area contributed by atoms with Crippen molar-refractivity contribution in [3.8, 4) is 0 Å². The Hall–Kier alpha value is -1.14. The van der Waals surface area contributed by atoms with Gasteiger partial charge in [0.2, 0.25) is 0 Å². The third-order valence-corrected chi connectivity index (χ3v) is 0. The molecule has 52 valence electrons. The zero-order valence-corrected chi connectivity index (χ0v) is 4.07. The molecule has 0 atom stereocenters. The van der Waals surface area contributed by atoms with E-state index < -0.39 is 0 Å². The number of hydrogen-bond acceptors (Lipinski definition) is 3. The topological polar surface area (TPSA) is 141 Å². The number of rotatable bonds is 0. The molecule has 0 saturated carbocycles. The molecule has 0 heterocycles. The third kappa shape index (κ3) is 55.7. The molecule has 0 bridgehead atoms. The summed E-state index contributed by atoms with van der Waals surface area (Å²) in [6, 6.07) is 0. The average Bonchev–Trinajstić information content (AvgIpc) is 1.39. The van der Waals surface area contributed by atoms with Gasteiger partial charge in [0.05, 0.1) is 0 Å². The zero-order valence-electron chi connectivity index (χ0n) is 4.07. The van der Waals surface area contributed by atoms with Crippen LogP contribution in [-0.4, -0.2) is 28.6 Å². The molecule has 0 fully saturated rings. The molecule has 0 unspecified atom stereocenters. The van der Waals surface area contributed by atoms with Crippen molar-refractivity contribution in [2.45, 2.75) is 0 Å². The van der Waals surface area contributed by atoms with Crippen LogP contribution >= 0.6 is 0 Å². The fourth-order valence-corrected chi connectivity index (χ4v) is 0. The van der Waals surface area contributed by atoms with Crippen LogP contribution in [0.2, 0.25) is 0 Å². The van der Waals surface area contributed by atoms with E-state index in [0.29, 0.717) is 0 Å². The molecule has 0 spiro atoms. The maximum absolute atomic E-state index is 8.36. The second-order valence-electron chi connectivity index (χ2n) is 0.211. The summed E-state index contributed by atoms with van der Waals surface area (Å²) in [5.74, 6) is 0. The van der Waals surface area contributed by atoms with Gasteiger partial charge in [-0.3, -0.25) is 9.59 Å². The maximum Gasteiger partial charge on any atom is 0.290 e. The van der Waals surface area contributed by atoms with E-state index in [1.165, 1.54) is 0 Å². The van der Waals surface area contributed by atoms with E-state index in [4.69, 9.17) is 19.8 Å². The molecule has 7 N–H and O–H groups in total. The van der Waals surface area contributed by atoms with Crippen molar-refractivity contribution < 1.29 is 25.3 Å². The summed E-state index contributed by atoms with van der Waals surface area (Å²) >= 11 is 0. The van der Waals surface area contributed by atoms with Gasteiger partial charge >= 0.3 is 0 Å². The van der Waals surface area contributed by atoms with Crippen molar-refractivity contribution in [3.05, 3.63) is 0 Å². The lowest BCUT2D eigenvalue weighted by Crippen LogP contribution is -1.49. The highest BCUT2D eigenvalue weighted by molar-refractivity contribution is 5.32. The second-order valence-corrected chi connectivity index (χ2v) is 0.211. The predicted molar refractivity (Wildman–Crippen MR) is 26.0 cm³/mol. The van der Waals surface area contributed by atoms with Crippen molar-refractivity contribution in [2.24, 2.45) is 0 Å². The Morgan fingerprint density at radius 2 is 1.00 bits per heavy atom. The summed E-state index contributed by atoms with van der Waals surface area (Å²) in [7, 11) is 0. The minimum absolute atomic E-state index is 0. The Balaban J connectivity index is -0.0000000160.